The van der Waals surface area contributed by atoms with Crippen LogP contribution in [0.25, 0.3) is 0 Å². The van der Waals surface area contributed by atoms with Crippen molar-refractivity contribution in [2.24, 2.45) is 0 Å². The predicted octanol–water partition coefficient (Wildman–Crippen LogP) is 3.84. The van der Waals surface area contributed by atoms with Crippen molar-refractivity contribution in [1.29, 1.82) is 0 Å². The highest BCUT2D eigenvalue weighted by Gasteiger charge is 1.89. The van der Waals surface area contributed by atoms with Gasteiger partial charge in [0.2, 0.25) is 0 Å². The Morgan fingerprint density at radius 2 is 1.71 bits per heavy atom. The number of pyridine rings is 1. The number of aryl methyl sites for hydroxylation is 1. The van der Waals surface area contributed by atoms with Gasteiger partial charge < -0.3 is 4.74 Å². The molecule has 0 amide bonds. The molecule has 0 saturated heterocycles. The van der Waals surface area contributed by atoms with Gasteiger partial charge in [0.15, 0.2) is 0 Å². The van der Waals surface area contributed by atoms with Crippen molar-refractivity contribution in [2.75, 3.05) is 6.61 Å². The summed E-state index contributed by atoms with van der Waals surface area (Å²) in [5.41, 5.74) is 1.02. The number of hydrogen-bond donors (Lipinski definition) is 0. The van der Waals surface area contributed by atoms with Gasteiger partial charge in [-0.25, -0.2) is 0 Å². The zero-order valence-electron chi connectivity index (χ0n) is 10.3. The molecule has 0 aromatic carbocycles. The molecule has 1 aromatic rings. The highest BCUT2D eigenvalue weighted by molar-refractivity contribution is 5.18. The standard InChI is InChI=1S/C8H11NO.2C2H6/c1-3-10-8-5-4-7(2)9-6-8;2*1-2/h4-6H,3H2,1-2H3;2*1-2H3. The minimum atomic E-state index is 0.699. The lowest BCUT2D eigenvalue weighted by Gasteiger charge is -2.00. The van der Waals surface area contributed by atoms with Crippen molar-refractivity contribution in [3.05, 3.63) is 24.0 Å². The normalized spacial score (nSPS) is 7.57. The van der Waals surface area contributed by atoms with Crippen molar-refractivity contribution in [1.82, 2.24) is 4.98 Å². The summed E-state index contributed by atoms with van der Waals surface area (Å²) in [6, 6.07) is 3.86. The summed E-state index contributed by atoms with van der Waals surface area (Å²) in [6.45, 7) is 12.6. The zero-order chi connectivity index (χ0) is 11.4. The molecule has 0 spiro atoms. The fourth-order valence-electron chi connectivity index (χ4n) is 0.706. The molecule has 0 fully saturated rings. The van der Waals surface area contributed by atoms with Crippen LogP contribution in [-0.2, 0) is 0 Å². The van der Waals surface area contributed by atoms with Crippen molar-refractivity contribution in [2.45, 2.75) is 41.5 Å². The first kappa shape index (κ1) is 15.4. The number of aromatic nitrogens is 1. The summed E-state index contributed by atoms with van der Waals surface area (Å²) < 4.78 is 5.20. The van der Waals surface area contributed by atoms with Gasteiger partial charge in [0.05, 0.1) is 12.8 Å². The minimum absolute atomic E-state index is 0.699. The van der Waals surface area contributed by atoms with Crippen LogP contribution in [0.4, 0.5) is 0 Å². The van der Waals surface area contributed by atoms with Crippen LogP contribution in [0.5, 0.6) is 5.75 Å². The molecule has 0 aliphatic heterocycles. The van der Waals surface area contributed by atoms with E-state index in [0.717, 1.165) is 11.4 Å². The van der Waals surface area contributed by atoms with Gasteiger partial charge in [0.25, 0.3) is 0 Å². The molecule has 0 atom stereocenters. The van der Waals surface area contributed by atoms with Crippen LogP contribution in [0.3, 0.4) is 0 Å². The lowest BCUT2D eigenvalue weighted by Crippen LogP contribution is -1.91. The van der Waals surface area contributed by atoms with Crippen LogP contribution >= 0.6 is 0 Å². The van der Waals surface area contributed by atoms with Gasteiger partial charge in [-0.2, -0.15) is 0 Å². The van der Waals surface area contributed by atoms with Gasteiger partial charge in [0, 0.05) is 5.69 Å². The fraction of sp³-hybridized carbons (Fsp3) is 0.583. The summed E-state index contributed by atoms with van der Waals surface area (Å²) in [5.74, 6) is 0.841. The summed E-state index contributed by atoms with van der Waals surface area (Å²) in [6.07, 6.45) is 1.73. The largest absolute Gasteiger partial charge is 0.492 e. The minimum Gasteiger partial charge on any atom is -0.492 e. The van der Waals surface area contributed by atoms with E-state index in [0.29, 0.717) is 6.61 Å². The molecule has 0 radical (unpaired) electrons. The topological polar surface area (TPSA) is 22.1 Å². The average Bonchev–Trinajstić information content (AvgIpc) is 2.28. The summed E-state index contributed by atoms with van der Waals surface area (Å²) >= 11 is 0. The van der Waals surface area contributed by atoms with E-state index in [-0.39, 0.29) is 0 Å². The Hall–Kier alpha value is -1.05. The number of ether oxygens (including phenoxy) is 1. The van der Waals surface area contributed by atoms with E-state index >= 15 is 0 Å². The van der Waals surface area contributed by atoms with E-state index in [1.165, 1.54) is 0 Å². The second-order valence-corrected chi connectivity index (χ2v) is 2.07. The van der Waals surface area contributed by atoms with Crippen molar-refractivity contribution < 1.29 is 4.74 Å². The molecule has 14 heavy (non-hydrogen) atoms. The van der Waals surface area contributed by atoms with Crippen LogP contribution in [-0.4, -0.2) is 11.6 Å². The smallest absolute Gasteiger partial charge is 0.137 e. The second kappa shape index (κ2) is 11.9. The first-order valence-electron chi connectivity index (χ1n) is 5.38. The number of rotatable bonds is 2. The Labute approximate surface area is 88.3 Å². The summed E-state index contributed by atoms with van der Waals surface area (Å²) in [4.78, 5) is 4.07. The fourth-order valence-corrected chi connectivity index (χ4v) is 0.706. The Bertz CT molecular complexity index is 194. The molecule has 1 aromatic heterocycles. The number of nitrogens with zero attached hydrogens (tertiary/aromatic N) is 1. The van der Waals surface area contributed by atoms with E-state index in [9.17, 15) is 0 Å². The van der Waals surface area contributed by atoms with Gasteiger partial charge in [-0.3, -0.25) is 4.98 Å². The predicted molar refractivity (Wildman–Crippen MR) is 62.8 cm³/mol. The highest BCUT2D eigenvalue weighted by atomic mass is 16.5. The molecule has 2 nitrogen and oxygen atoms in total. The maximum absolute atomic E-state index is 5.20. The van der Waals surface area contributed by atoms with Crippen molar-refractivity contribution >= 4 is 0 Å². The maximum Gasteiger partial charge on any atom is 0.137 e. The van der Waals surface area contributed by atoms with Crippen LogP contribution in [0.2, 0.25) is 0 Å². The average molecular weight is 197 g/mol. The van der Waals surface area contributed by atoms with Crippen LogP contribution in [0.1, 0.15) is 40.3 Å². The molecule has 0 saturated carbocycles. The van der Waals surface area contributed by atoms with E-state index in [1.54, 1.807) is 6.20 Å². The van der Waals surface area contributed by atoms with E-state index < -0.39 is 0 Å². The Balaban J connectivity index is 0. The lowest BCUT2D eigenvalue weighted by molar-refractivity contribution is 0.338. The quantitative estimate of drug-likeness (QED) is 0.718. The molecule has 0 aliphatic rings. The molecule has 1 heterocycles. The Morgan fingerprint density at radius 3 is 2.07 bits per heavy atom. The molecule has 0 N–H and O–H groups in total. The van der Waals surface area contributed by atoms with E-state index in [2.05, 4.69) is 4.98 Å². The molecular formula is C12H23NO. The van der Waals surface area contributed by atoms with Gasteiger partial charge in [-0.05, 0) is 26.0 Å². The third-order valence-electron chi connectivity index (χ3n) is 1.20. The third kappa shape index (κ3) is 7.59. The first-order valence-corrected chi connectivity index (χ1v) is 5.38. The van der Waals surface area contributed by atoms with Crippen LogP contribution < -0.4 is 4.74 Å². The molecule has 0 unspecified atom stereocenters. The Morgan fingerprint density at radius 1 is 1.14 bits per heavy atom. The van der Waals surface area contributed by atoms with Gasteiger partial charge in [-0.15, -0.1) is 0 Å². The van der Waals surface area contributed by atoms with Gasteiger partial charge >= 0.3 is 0 Å². The van der Waals surface area contributed by atoms with Crippen LogP contribution in [0, 0.1) is 6.92 Å². The van der Waals surface area contributed by atoms with Gasteiger partial charge in [0.1, 0.15) is 5.75 Å². The highest BCUT2D eigenvalue weighted by Crippen LogP contribution is 2.07. The first-order chi connectivity index (χ1) is 6.83. The summed E-state index contributed by atoms with van der Waals surface area (Å²) in [5, 5.41) is 0. The Kier molecular flexibility index (Phi) is 13.2. The van der Waals surface area contributed by atoms with Gasteiger partial charge in [-0.1, -0.05) is 27.7 Å². The second-order valence-electron chi connectivity index (χ2n) is 2.07. The molecular weight excluding hydrogens is 174 g/mol. The molecule has 1 rings (SSSR count). The number of hydrogen-bond acceptors (Lipinski definition) is 2. The molecule has 82 valence electrons. The van der Waals surface area contributed by atoms with Crippen LogP contribution in [0.15, 0.2) is 18.3 Å². The third-order valence-corrected chi connectivity index (χ3v) is 1.20. The SMILES string of the molecule is CC.CC.CCOc1ccc(C)nc1. The molecule has 0 bridgehead atoms. The molecule has 0 aliphatic carbocycles. The maximum atomic E-state index is 5.20. The lowest BCUT2D eigenvalue weighted by atomic mass is 10.4. The van der Waals surface area contributed by atoms with Crippen molar-refractivity contribution in [3.63, 3.8) is 0 Å². The zero-order valence-corrected chi connectivity index (χ0v) is 10.3. The van der Waals surface area contributed by atoms with E-state index in [1.807, 2.05) is 53.7 Å². The van der Waals surface area contributed by atoms with Crippen molar-refractivity contribution in [3.8, 4) is 5.75 Å². The molecule has 2 heteroatoms. The summed E-state index contributed by atoms with van der Waals surface area (Å²) in [7, 11) is 0. The monoisotopic (exact) mass is 197 g/mol. The van der Waals surface area contributed by atoms with E-state index in [4.69, 9.17) is 4.74 Å².